The molecular formula is C13H22O12. The number of aliphatic hydroxyl groups is 4. The minimum absolute atomic E-state index is 0.906. The molecule has 0 aromatic heterocycles. The van der Waals surface area contributed by atoms with Crippen molar-refractivity contribution in [2.45, 2.75) is 50.2 Å². The highest BCUT2D eigenvalue weighted by atomic mass is 16.7. The van der Waals surface area contributed by atoms with Gasteiger partial charge in [0.25, 0.3) is 0 Å². The van der Waals surface area contributed by atoms with E-state index in [1.807, 2.05) is 0 Å². The zero-order valence-electron chi connectivity index (χ0n) is 13.6. The van der Waals surface area contributed by atoms with Crippen LogP contribution in [0.2, 0.25) is 0 Å². The van der Waals surface area contributed by atoms with Gasteiger partial charge in [-0.05, 0) is 13.8 Å². The zero-order chi connectivity index (χ0) is 20.1. The summed E-state index contributed by atoms with van der Waals surface area (Å²) in [5, 5.41) is 65.6. The number of hydrogen-bond acceptors (Lipinski definition) is 9. The van der Waals surface area contributed by atoms with Gasteiger partial charge in [-0.3, -0.25) is 4.79 Å². The number of carboxylic acids is 3. The summed E-state index contributed by atoms with van der Waals surface area (Å²) in [6.45, 7) is 1.95. The number of carbonyl (C=O) groups is 3. The van der Waals surface area contributed by atoms with Gasteiger partial charge in [0.2, 0.25) is 0 Å². The van der Waals surface area contributed by atoms with Crippen LogP contribution >= 0.6 is 0 Å². The molecule has 0 bridgehead atoms. The summed E-state index contributed by atoms with van der Waals surface area (Å²) in [6.07, 6.45) is -11.3. The van der Waals surface area contributed by atoms with Crippen molar-refractivity contribution in [3.8, 4) is 0 Å². The van der Waals surface area contributed by atoms with E-state index >= 15 is 0 Å². The van der Waals surface area contributed by atoms with Crippen molar-refractivity contribution in [2.75, 3.05) is 7.11 Å². The molecule has 0 amide bonds. The van der Waals surface area contributed by atoms with Gasteiger partial charge in [-0.2, -0.15) is 0 Å². The highest BCUT2D eigenvalue weighted by Gasteiger charge is 2.48. The molecule has 0 rings (SSSR count). The van der Waals surface area contributed by atoms with Crippen LogP contribution < -0.4 is 0 Å². The normalized spacial score (nSPS) is 21.2. The summed E-state index contributed by atoms with van der Waals surface area (Å²) >= 11 is 0. The van der Waals surface area contributed by atoms with Crippen LogP contribution in [0.3, 0.4) is 0 Å². The van der Waals surface area contributed by atoms with Crippen LogP contribution in [0.5, 0.6) is 0 Å². The number of rotatable bonds is 11. The minimum Gasteiger partial charge on any atom is -0.481 e. The number of ether oxygens (including phenoxy) is 2. The van der Waals surface area contributed by atoms with Crippen LogP contribution in [0, 0.1) is 5.92 Å². The van der Waals surface area contributed by atoms with Crippen molar-refractivity contribution in [1.82, 2.24) is 0 Å². The molecule has 0 aromatic carbocycles. The maximum absolute atomic E-state index is 11.1. The molecular weight excluding hydrogens is 348 g/mol. The maximum Gasteiger partial charge on any atom is 0.336 e. The average molecular weight is 370 g/mol. The van der Waals surface area contributed by atoms with E-state index in [0.29, 0.717) is 0 Å². The standard InChI is InChI=1S/C13H22O12/c1-4(10(18)19)5(14)6(15)9(17)13(2,24-3)25-8(12(22)23)7(16)11(20)21/h4-9,14-17H,1-3H3,(H,18,19)(H,20,21)(H,22,23). The lowest BCUT2D eigenvalue weighted by Gasteiger charge is -2.39. The molecule has 0 spiro atoms. The molecule has 7 N–H and O–H groups in total. The Morgan fingerprint density at radius 1 is 0.880 bits per heavy atom. The van der Waals surface area contributed by atoms with Crippen molar-refractivity contribution in [3.63, 3.8) is 0 Å². The SMILES string of the molecule is COC(C)(OC(C(=O)O)C(O)C(=O)O)C(O)C(O)C(O)C(C)C(=O)O. The molecule has 7 unspecified atom stereocenters. The highest BCUT2D eigenvalue weighted by molar-refractivity contribution is 5.83. The Kier molecular flexibility index (Phi) is 8.37. The largest absolute Gasteiger partial charge is 0.481 e. The first-order chi connectivity index (χ1) is 11.3. The highest BCUT2D eigenvalue weighted by Crippen LogP contribution is 2.26. The monoisotopic (exact) mass is 370 g/mol. The summed E-state index contributed by atoms with van der Waals surface area (Å²) < 4.78 is 9.59. The Hall–Kier alpha value is -1.83. The van der Waals surface area contributed by atoms with Crippen LogP contribution in [0.1, 0.15) is 13.8 Å². The van der Waals surface area contributed by atoms with E-state index in [2.05, 4.69) is 0 Å². The summed E-state index contributed by atoms with van der Waals surface area (Å²) in [6, 6.07) is 0. The molecule has 12 nitrogen and oxygen atoms in total. The number of methoxy groups -OCH3 is 1. The van der Waals surface area contributed by atoms with E-state index in [9.17, 15) is 34.8 Å². The number of hydrogen-bond donors (Lipinski definition) is 7. The van der Waals surface area contributed by atoms with Gasteiger partial charge in [0, 0.05) is 7.11 Å². The molecule has 0 aliphatic heterocycles. The third-order valence-electron chi connectivity index (χ3n) is 3.66. The molecule has 0 fully saturated rings. The van der Waals surface area contributed by atoms with Crippen molar-refractivity contribution in [1.29, 1.82) is 0 Å². The van der Waals surface area contributed by atoms with E-state index in [1.165, 1.54) is 0 Å². The van der Waals surface area contributed by atoms with Crippen LogP contribution in [0.15, 0.2) is 0 Å². The van der Waals surface area contributed by atoms with Gasteiger partial charge in [-0.1, -0.05) is 0 Å². The zero-order valence-corrected chi connectivity index (χ0v) is 13.6. The Balaban J connectivity index is 5.51. The van der Waals surface area contributed by atoms with Gasteiger partial charge in [0.1, 0.15) is 12.2 Å². The second-order valence-electron chi connectivity index (χ2n) is 5.43. The molecule has 25 heavy (non-hydrogen) atoms. The first kappa shape index (κ1) is 23.2. The van der Waals surface area contributed by atoms with E-state index in [0.717, 1.165) is 21.0 Å². The van der Waals surface area contributed by atoms with E-state index < -0.39 is 60.1 Å². The number of carboxylic acid groups (broad SMARTS) is 3. The molecule has 0 saturated carbocycles. The molecule has 0 heterocycles. The fourth-order valence-electron chi connectivity index (χ4n) is 1.81. The molecule has 146 valence electrons. The van der Waals surface area contributed by atoms with Crippen LogP contribution in [-0.4, -0.2) is 97.1 Å². The smallest absolute Gasteiger partial charge is 0.336 e. The van der Waals surface area contributed by atoms with Gasteiger partial charge in [0.15, 0.2) is 18.0 Å². The molecule has 12 heteroatoms. The van der Waals surface area contributed by atoms with Gasteiger partial charge in [0.05, 0.1) is 12.0 Å². The fourth-order valence-corrected chi connectivity index (χ4v) is 1.81. The Bertz CT molecular complexity index is 493. The van der Waals surface area contributed by atoms with Gasteiger partial charge >= 0.3 is 17.9 Å². The van der Waals surface area contributed by atoms with Gasteiger partial charge in [-0.25, -0.2) is 9.59 Å². The molecule has 0 saturated heterocycles. The summed E-state index contributed by atoms with van der Waals surface area (Å²) in [5.41, 5.74) is 0. The average Bonchev–Trinajstić information content (AvgIpc) is 2.55. The second-order valence-corrected chi connectivity index (χ2v) is 5.43. The Morgan fingerprint density at radius 3 is 1.68 bits per heavy atom. The molecule has 0 aliphatic carbocycles. The Morgan fingerprint density at radius 2 is 1.36 bits per heavy atom. The van der Waals surface area contributed by atoms with E-state index in [1.54, 1.807) is 0 Å². The molecule has 0 radical (unpaired) electrons. The van der Waals surface area contributed by atoms with Crippen molar-refractivity contribution in [2.24, 2.45) is 5.92 Å². The second kappa shape index (κ2) is 9.03. The molecule has 0 aromatic rings. The topological polar surface area (TPSA) is 211 Å². The number of aliphatic carboxylic acids is 3. The lowest BCUT2D eigenvalue weighted by Crippen LogP contribution is -2.59. The molecule has 7 atom stereocenters. The summed E-state index contributed by atoms with van der Waals surface area (Å²) in [7, 11) is 0.912. The van der Waals surface area contributed by atoms with Crippen LogP contribution in [-0.2, 0) is 23.9 Å². The van der Waals surface area contributed by atoms with Crippen LogP contribution in [0.4, 0.5) is 0 Å². The van der Waals surface area contributed by atoms with Crippen molar-refractivity contribution in [3.05, 3.63) is 0 Å². The lowest BCUT2D eigenvalue weighted by molar-refractivity contribution is -0.307. The van der Waals surface area contributed by atoms with Gasteiger partial charge in [-0.15, -0.1) is 0 Å². The quantitative estimate of drug-likeness (QED) is 0.182. The summed E-state index contributed by atoms with van der Waals surface area (Å²) in [5.74, 6) is -9.23. The third-order valence-corrected chi connectivity index (χ3v) is 3.66. The van der Waals surface area contributed by atoms with Gasteiger partial charge < -0.3 is 45.2 Å². The van der Waals surface area contributed by atoms with E-state index in [4.69, 9.17) is 24.8 Å². The van der Waals surface area contributed by atoms with E-state index in [-0.39, 0.29) is 0 Å². The predicted octanol–water partition coefficient (Wildman–Crippen LogP) is -2.93. The summed E-state index contributed by atoms with van der Waals surface area (Å²) in [4.78, 5) is 32.7. The third kappa shape index (κ3) is 5.59. The Labute approximate surface area is 141 Å². The first-order valence-electron chi connectivity index (χ1n) is 6.93. The fraction of sp³-hybridized carbons (Fsp3) is 0.769. The minimum atomic E-state index is -2.53. The molecule has 0 aliphatic rings. The maximum atomic E-state index is 11.1. The van der Waals surface area contributed by atoms with Crippen molar-refractivity contribution >= 4 is 17.9 Å². The lowest BCUT2D eigenvalue weighted by atomic mass is 9.93. The first-order valence-corrected chi connectivity index (χ1v) is 6.93. The number of aliphatic hydroxyl groups excluding tert-OH is 4. The van der Waals surface area contributed by atoms with Crippen molar-refractivity contribution < 1.29 is 59.6 Å². The predicted molar refractivity (Wildman–Crippen MR) is 76.4 cm³/mol. The van der Waals surface area contributed by atoms with Crippen LogP contribution in [0.25, 0.3) is 0 Å².